The smallest absolute Gasteiger partial charge is 0.261 e. The number of ether oxygens (including phenoxy) is 1. The van der Waals surface area contributed by atoms with Crippen molar-refractivity contribution >= 4 is 34.2 Å². The molecule has 0 radical (unpaired) electrons. The third-order valence-electron chi connectivity index (χ3n) is 6.22. The monoisotopic (exact) mass is 490 g/mol. The van der Waals surface area contributed by atoms with Gasteiger partial charge in [-0.25, -0.2) is 4.98 Å². The molecule has 0 atom stereocenters. The van der Waals surface area contributed by atoms with Crippen molar-refractivity contribution in [2.24, 2.45) is 0 Å². The van der Waals surface area contributed by atoms with Crippen molar-refractivity contribution in [3.8, 4) is 17.7 Å². The zero-order valence-electron chi connectivity index (χ0n) is 20.0. The van der Waals surface area contributed by atoms with Crippen LogP contribution in [0.2, 0.25) is 0 Å². The third kappa shape index (κ3) is 4.62. The number of imide groups is 1. The molecule has 2 heterocycles. The lowest BCUT2D eigenvalue weighted by atomic mass is 9.94. The number of aryl methyl sites for hydroxylation is 1. The van der Waals surface area contributed by atoms with Crippen LogP contribution >= 0.6 is 0 Å². The molecule has 0 unspecified atom stereocenters. The van der Waals surface area contributed by atoms with Gasteiger partial charge in [0.15, 0.2) is 0 Å². The molecule has 8 nitrogen and oxygen atoms in total. The number of rotatable bonds is 7. The number of anilines is 1. The highest BCUT2D eigenvalue weighted by Gasteiger charge is 2.32. The van der Waals surface area contributed by atoms with Gasteiger partial charge in [-0.15, -0.1) is 0 Å². The molecule has 0 aliphatic carbocycles. The van der Waals surface area contributed by atoms with Gasteiger partial charge in [0, 0.05) is 41.4 Å². The molecule has 1 aromatic heterocycles. The van der Waals surface area contributed by atoms with E-state index in [-0.39, 0.29) is 36.6 Å². The number of aromatic nitrogens is 1. The summed E-state index contributed by atoms with van der Waals surface area (Å²) in [6, 6.07) is 21.3. The Morgan fingerprint density at radius 2 is 1.76 bits per heavy atom. The van der Waals surface area contributed by atoms with E-state index in [1.165, 1.54) is 4.90 Å². The Balaban J connectivity index is 1.20. The van der Waals surface area contributed by atoms with Crippen molar-refractivity contribution in [3.63, 3.8) is 0 Å². The maximum absolute atomic E-state index is 13.0. The van der Waals surface area contributed by atoms with Gasteiger partial charge in [-0.3, -0.25) is 19.3 Å². The number of hydrogen-bond acceptors (Lipinski definition) is 6. The molecule has 1 N–H and O–H groups in total. The molecule has 5 rings (SSSR count). The van der Waals surface area contributed by atoms with Crippen LogP contribution in [0.1, 0.15) is 44.7 Å². The van der Waals surface area contributed by atoms with E-state index in [9.17, 15) is 19.6 Å². The lowest BCUT2D eigenvalue weighted by Crippen LogP contribution is -2.41. The second-order valence-electron chi connectivity index (χ2n) is 8.67. The highest BCUT2D eigenvalue weighted by Crippen LogP contribution is 2.30. The molecule has 1 aliphatic rings. The van der Waals surface area contributed by atoms with E-state index >= 15 is 0 Å². The number of nitrogens with one attached hydrogen (secondary N) is 1. The number of carbonyl (C=O) groups is 3. The molecule has 0 bridgehead atoms. The van der Waals surface area contributed by atoms with Gasteiger partial charge in [-0.05, 0) is 66.8 Å². The van der Waals surface area contributed by atoms with Crippen molar-refractivity contribution in [3.05, 3.63) is 95.2 Å². The Morgan fingerprint density at radius 3 is 2.43 bits per heavy atom. The summed E-state index contributed by atoms with van der Waals surface area (Å²) in [5, 5.41) is 13.6. The fraction of sp³-hybridized carbons (Fsp3) is 0.138. The fourth-order valence-electron chi connectivity index (χ4n) is 4.40. The summed E-state index contributed by atoms with van der Waals surface area (Å²) < 4.78 is 5.72. The van der Waals surface area contributed by atoms with Crippen molar-refractivity contribution < 1.29 is 19.1 Å². The number of nitriles is 1. The predicted molar refractivity (Wildman–Crippen MR) is 137 cm³/mol. The van der Waals surface area contributed by atoms with E-state index in [0.29, 0.717) is 39.9 Å². The molecule has 0 saturated heterocycles. The van der Waals surface area contributed by atoms with Gasteiger partial charge < -0.3 is 10.1 Å². The van der Waals surface area contributed by atoms with Crippen LogP contribution < -0.4 is 10.1 Å². The molecule has 4 aromatic rings. The zero-order chi connectivity index (χ0) is 25.9. The maximum Gasteiger partial charge on any atom is 0.261 e. The largest absolute Gasteiger partial charge is 0.438 e. The van der Waals surface area contributed by atoms with Crippen LogP contribution in [-0.2, 0) is 4.79 Å². The SMILES string of the molecule is Cc1cc(Oc2ncccc2C#N)ccc1NC(=O)CCCN1C(=O)c2cccc3cccc(c23)C1=O. The highest BCUT2D eigenvalue weighted by molar-refractivity contribution is 6.25. The predicted octanol–water partition coefficient (Wildman–Crippen LogP) is 5.22. The average molecular weight is 491 g/mol. The van der Waals surface area contributed by atoms with E-state index in [4.69, 9.17) is 4.74 Å². The van der Waals surface area contributed by atoms with Crippen LogP contribution in [0, 0.1) is 18.3 Å². The summed E-state index contributed by atoms with van der Waals surface area (Å²) in [6.07, 6.45) is 2.01. The van der Waals surface area contributed by atoms with Crippen molar-refractivity contribution in [2.45, 2.75) is 19.8 Å². The highest BCUT2D eigenvalue weighted by atomic mass is 16.5. The van der Waals surface area contributed by atoms with Gasteiger partial charge in [0.05, 0.1) is 0 Å². The number of hydrogen-bond donors (Lipinski definition) is 1. The molecule has 182 valence electrons. The van der Waals surface area contributed by atoms with Gasteiger partial charge in [0.2, 0.25) is 11.8 Å². The van der Waals surface area contributed by atoms with Crippen molar-refractivity contribution in [1.82, 2.24) is 9.88 Å². The van der Waals surface area contributed by atoms with Gasteiger partial charge in [0.25, 0.3) is 11.8 Å². The normalized spacial score (nSPS) is 12.4. The Labute approximate surface area is 213 Å². The van der Waals surface area contributed by atoms with E-state index in [1.54, 1.807) is 60.8 Å². The number of nitrogens with zero attached hydrogens (tertiary/aromatic N) is 3. The summed E-state index contributed by atoms with van der Waals surface area (Å²) in [4.78, 5) is 43.9. The second-order valence-corrected chi connectivity index (χ2v) is 8.67. The first-order valence-electron chi connectivity index (χ1n) is 11.8. The summed E-state index contributed by atoms with van der Waals surface area (Å²) >= 11 is 0. The molecule has 0 fully saturated rings. The van der Waals surface area contributed by atoms with Gasteiger partial charge in [0.1, 0.15) is 17.4 Å². The zero-order valence-corrected chi connectivity index (χ0v) is 20.0. The minimum Gasteiger partial charge on any atom is -0.438 e. The van der Waals surface area contributed by atoms with Crippen LogP contribution in [0.3, 0.4) is 0 Å². The van der Waals surface area contributed by atoms with Crippen LogP contribution in [0.15, 0.2) is 72.9 Å². The average Bonchev–Trinajstić information content (AvgIpc) is 2.91. The minimum atomic E-state index is -0.339. The first-order valence-corrected chi connectivity index (χ1v) is 11.8. The maximum atomic E-state index is 13.0. The van der Waals surface area contributed by atoms with Crippen LogP contribution in [0.5, 0.6) is 11.6 Å². The van der Waals surface area contributed by atoms with Gasteiger partial charge in [-0.2, -0.15) is 5.26 Å². The lowest BCUT2D eigenvalue weighted by Gasteiger charge is -2.27. The van der Waals surface area contributed by atoms with E-state index < -0.39 is 0 Å². The Kier molecular flexibility index (Phi) is 6.35. The summed E-state index contributed by atoms with van der Waals surface area (Å²) in [5.74, 6) is -0.208. The molecule has 0 spiro atoms. The van der Waals surface area contributed by atoms with Crippen molar-refractivity contribution in [1.29, 1.82) is 5.26 Å². The van der Waals surface area contributed by atoms with Gasteiger partial charge >= 0.3 is 0 Å². The minimum absolute atomic E-state index is 0.139. The van der Waals surface area contributed by atoms with Crippen LogP contribution in [0.4, 0.5) is 5.69 Å². The van der Waals surface area contributed by atoms with Crippen molar-refractivity contribution in [2.75, 3.05) is 11.9 Å². The fourth-order valence-corrected chi connectivity index (χ4v) is 4.40. The number of amides is 3. The standard InChI is InChI=1S/C29H22N4O4/c1-18-16-21(37-27-20(17-30)8-4-14-31-27)12-13-24(18)32-25(34)11-5-15-33-28(35)22-9-2-6-19-7-3-10-23(26(19)22)29(33)36/h2-4,6-10,12-14,16H,5,11,15H2,1H3,(H,32,34). The topological polar surface area (TPSA) is 112 Å². The molecule has 8 heteroatoms. The van der Waals surface area contributed by atoms with Gasteiger partial charge in [-0.1, -0.05) is 24.3 Å². The molecule has 1 aliphatic heterocycles. The summed E-state index contributed by atoms with van der Waals surface area (Å²) in [5.41, 5.74) is 2.71. The lowest BCUT2D eigenvalue weighted by molar-refractivity contribution is -0.116. The van der Waals surface area contributed by atoms with E-state index in [0.717, 1.165) is 10.9 Å². The molecular formula is C29H22N4O4. The molecule has 37 heavy (non-hydrogen) atoms. The molecule has 3 aromatic carbocycles. The first-order chi connectivity index (χ1) is 18.0. The Hall–Kier alpha value is -5.03. The first kappa shape index (κ1) is 23.7. The third-order valence-corrected chi connectivity index (χ3v) is 6.22. The number of pyridine rings is 1. The quantitative estimate of drug-likeness (QED) is 0.355. The second kappa shape index (κ2) is 9.91. The molecular weight excluding hydrogens is 468 g/mol. The number of benzene rings is 3. The molecule has 3 amide bonds. The number of carbonyl (C=O) groups excluding carboxylic acids is 3. The Morgan fingerprint density at radius 1 is 1.03 bits per heavy atom. The summed E-state index contributed by atoms with van der Waals surface area (Å²) in [6.45, 7) is 1.97. The van der Waals surface area contributed by atoms with E-state index in [1.807, 2.05) is 25.1 Å². The van der Waals surface area contributed by atoms with Crippen LogP contribution in [0.25, 0.3) is 10.8 Å². The molecule has 0 saturated carbocycles. The Bertz CT molecular complexity index is 1550. The van der Waals surface area contributed by atoms with Crippen LogP contribution in [-0.4, -0.2) is 34.2 Å². The van der Waals surface area contributed by atoms with E-state index in [2.05, 4.69) is 10.3 Å². The summed E-state index contributed by atoms with van der Waals surface area (Å²) in [7, 11) is 0.